The predicted molar refractivity (Wildman–Crippen MR) is 115 cm³/mol. The lowest BCUT2D eigenvalue weighted by molar-refractivity contribution is 0.0600. The highest BCUT2D eigenvalue weighted by Crippen LogP contribution is 2.30. The van der Waals surface area contributed by atoms with E-state index in [4.69, 9.17) is 4.74 Å². The number of carbonyl (C=O) groups excluding carboxylic acids is 2. The summed E-state index contributed by atoms with van der Waals surface area (Å²) in [6.07, 6.45) is 0. The van der Waals surface area contributed by atoms with E-state index in [9.17, 15) is 14.0 Å². The molecule has 0 fully saturated rings. The molecule has 154 valence electrons. The number of halogens is 1. The summed E-state index contributed by atoms with van der Waals surface area (Å²) in [6, 6.07) is 19.6. The maximum atomic E-state index is 14.0. The third-order valence-corrected chi connectivity index (χ3v) is 4.87. The lowest BCUT2D eigenvalue weighted by Gasteiger charge is -2.21. The van der Waals surface area contributed by atoms with Gasteiger partial charge in [0.15, 0.2) is 0 Å². The number of carbonyl (C=O) groups is 2. The zero-order valence-corrected chi connectivity index (χ0v) is 16.9. The van der Waals surface area contributed by atoms with E-state index in [1.807, 2.05) is 6.07 Å². The van der Waals surface area contributed by atoms with Crippen molar-refractivity contribution in [2.24, 2.45) is 0 Å². The van der Waals surface area contributed by atoms with Crippen LogP contribution in [0.5, 0.6) is 0 Å². The molecule has 1 aromatic heterocycles. The van der Waals surface area contributed by atoms with Gasteiger partial charge in [-0.3, -0.25) is 4.79 Å². The van der Waals surface area contributed by atoms with Crippen molar-refractivity contribution in [3.05, 3.63) is 95.6 Å². The van der Waals surface area contributed by atoms with Gasteiger partial charge < -0.3 is 9.64 Å². The Kier molecular flexibility index (Phi) is 5.41. The fourth-order valence-corrected chi connectivity index (χ4v) is 3.22. The lowest BCUT2D eigenvalue weighted by atomic mass is 10.1. The number of hydrogen-bond donors (Lipinski definition) is 0. The molecule has 0 aliphatic heterocycles. The number of fused-ring (bicyclic) bond motifs is 1. The Morgan fingerprint density at radius 3 is 2.29 bits per heavy atom. The van der Waals surface area contributed by atoms with Crippen molar-refractivity contribution < 1.29 is 18.7 Å². The van der Waals surface area contributed by atoms with Gasteiger partial charge in [0.2, 0.25) is 11.6 Å². The standard InChI is InChI=1S/C24H18FN3O3/c1-28(18-11-8-16(9-12-18)24(30)31-2)23-19-14-17(25)10-13-20(19)26-22(27-23)21(29)15-6-4-3-5-7-15/h3-14H,1-2H3. The quantitative estimate of drug-likeness (QED) is 0.352. The topological polar surface area (TPSA) is 72.4 Å². The zero-order valence-electron chi connectivity index (χ0n) is 16.9. The Labute approximate surface area is 177 Å². The number of rotatable bonds is 5. The normalized spacial score (nSPS) is 10.7. The lowest BCUT2D eigenvalue weighted by Crippen LogP contribution is -2.16. The van der Waals surface area contributed by atoms with Crippen LogP contribution in [0.15, 0.2) is 72.8 Å². The first kappa shape index (κ1) is 20.2. The van der Waals surface area contributed by atoms with Crippen LogP contribution >= 0.6 is 0 Å². The number of esters is 1. The molecule has 0 radical (unpaired) electrons. The van der Waals surface area contributed by atoms with Gasteiger partial charge in [-0.25, -0.2) is 19.2 Å². The van der Waals surface area contributed by atoms with E-state index in [2.05, 4.69) is 9.97 Å². The van der Waals surface area contributed by atoms with Gasteiger partial charge in [-0.05, 0) is 42.5 Å². The first-order valence-corrected chi connectivity index (χ1v) is 9.47. The second kappa shape index (κ2) is 8.31. The summed E-state index contributed by atoms with van der Waals surface area (Å²) >= 11 is 0. The van der Waals surface area contributed by atoms with E-state index in [1.54, 1.807) is 60.5 Å². The zero-order chi connectivity index (χ0) is 22.0. The van der Waals surface area contributed by atoms with E-state index in [1.165, 1.54) is 25.3 Å². The summed E-state index contributed by atoms with van der Waals surface area (Å²) in [5.74, 6) is -0.830. The molecule has 0 bridgehead atoms. The van der Waals surface area contributed by atoms with Crippen molar-refractivity contribution in [3.8, 4) is 0 Å². The molecule has 0 spiro atoms. The van der Waals surface area contributed by atoms with Crippen LogP contribution in [0.3, 0.4) is 0 Å². The molecule has 4 rings (SSSR count). The maximum absolute atomic E-state index is 14.0. The summed E-state index contributed by atoms with van der Waals surface area (Å²) in [7, 11) is 3.06. The van der Waals surface area contributed by atoms with Gasteiger partial charge in [0.25, 0.3) is 0 Å². The molecule has 0 saturated carbocycles. The summed E-state index contributed by atoms with van der Waals surface area (Å²) < 4.78 is 18.7. The van der Waals surface area contributed by atoms with Crippen LogP contribution in [0.25, 0.3) is 10.9 Å². The van der Waals surface area contributed by atoms with E-state index in [0.717, 1.165) is 0 Å². The Morgan fingerprint density at radius 2 is 1.61 bits per heavy atom. The Bertz CT molecular complexity index is 1270. The number of hydrogen-bond acceptors (Lipinski definition) is 6. The minimum absolute atomic E-state index is 0.0124. The number of methoxy groups -OCH3 is 1. The van der Waals surface area contributed by atoms with Crippen LogP contribution in [-0.4, -0.2) is 35.9 Å². The van der Waals surface area contributed by atoms with Crippen LogP contribution in [0.2, 0.25) is 0 Å². The van der Waals surface area contributed by atoms with Crippen LogP contribution in [0.4, 0.5) is 15.9 Å². The van der Waals surface area contributed by atoms with Gasteiger partial charge >= 0.3 is 5.97 Å². The van der Waals surface area contributed by atoms with Gasteiger partial charge in [-0.15, -0.1) is 0 Å². The molecule has 0 aliphatic carbocycles. The molecule has 0 aliphatic rings. The molecule has 0 saturated heterocycles. The monoisotopic (exact) mass is 415 g/mol. The Morgan fingerprint density at radius 1 is 0.903 bits per heavy atom. The molecule has 0 N–H and O–H groups in total. The first-order chi connectivity index (χ1) is 15.0. The molecule has 1 heterocycles. The Balaban J connectivity index is 1.82. The molecule has 7 heteroatoms. The van der Waals surface area contributed by atoms with Crippen molar-refractivity contribution in [1.82, 2.24) is 9.97 Å². The second-order valence-corrected chi connectivity index (χ2v) is 6.82. The second-order valence-electron chi connectivity index (χ2n) is 6.82. The average Bonchev–Trinajstić information content (AvgIpc) is 2.82. The Hall–Kier alpha value is -4.13. The highest BCUT2D eigenvalue weighted by Gasteiger charge is 2.19. The van der Waals surface area contributed by atoms with Crippen LogP contribution in [0, 0.1) is 5.82 Å². The molecule has 0 unspecified atom stereocenters. The molecule has 31 heavy (non-hydrogen) atoms. The summed E-state index contributed by atoms with van der Waals surface area (Å²) in [5, 5.41) is 0.462. The predicted octanol–water partition coefficient (Wildman–Crippen LogP) is 4.55. The fraction of sp³-hybridized carbons (Fsp3) is 0.0833. The third kappa shape index (κ3) is 3.98. The minimum Gasteiger partial charge on any atom is -0.465 e. The van der Waals surface area contributed by atoms with Crippen molar-refractivity contribution in [1.29, 1.82) is 0 Å². The molecular formula is C24H18FN3O3. The summed E-state index contributed by atoms with van der Waals surface area (Å²) in [4.78, 5) is 35.2. The van der Waals surface area contributed by atoms with E-state index >= 15 is 0 Å². The third-order valence-electron chi connectivity index (χ3n) is 4.87. The number of ketones is 1. The smallest absolute Gasteiger partial charge is 0.337 e. The molecule has 6 nitrogen and oxygen atoms in total. The summed E-state index contributed by atoms with van der Waals surface area (Å²) in [5.41, 5.74) is 2.00. The molecule has 4 aromatic rings. The van der Waals surface area contributed by atoms with Crippen molar-refractivity contribution in [2.45, 2.75) is 0 Å². The molecule has 0 amide bonds. The highest BCUT2D eigenvalue weighted by atomic mass is 19.1. The van der Waals surface area contributed by atoms with Gasteiger partial charge in [-0.1, -0.05) is 30.3 Å². The SMILES string of the molecule is COC(=O)c1ccc(N(C)c2nc(C(=O)c3ccccc3)nc3ccc(F)cc23)cc1. The molecule has 0 atom stereocenters. The minimum atomic E-state index is -0.445. The van der Waals surface area contributed by atoms with Crippen LogP contribution in [-0.2, 0) is 4.74 Å². The van der Waals surface area contributed by atoms with E-state index in [0.29, 0.717) is 33.5 Å². The van der Waals surface area contributed by atoms with E-state index < -0.39 is 11.8 Å². The van der Waals surface area contributed by atoms with Gasteiger partial charge in [0.05, 0.1) is 18.2 Å². The number of benzene rings is 3. The first-order valence-electron chi connectivity index (χ1n) is 9.47. The van der Waals surface area contributed by atoms with Crippen LogP contribution < -0.4 is 4.90 Å². The number of anilines is 2. The van der Waals surface area contributed by atoms with Crippen LogP contribution in [0.1, 0.15) is 26.5 Å². The van der Waals surface area contributed by atoms with Crippen molar-refractivity contribution in [2.75, 3.05) is 19.1 Å². The number of nitrogens with zero attached hydrogens (tertiary/aromatic N) is 3. The van der Waals surface area contributed by atoms with Crippen molar-refractivity contribution in [3.63, 3.8) is 0 Å². The fourth-order valence-electron chi connectivity index (χ4n) is 3.22. The largest absolute Gasteiger partial charge is 0.465 e. The summed E-state index contributed by atoms with van der Waals surface area (Å²) in [6.45, 7) is 0. The van der Waals surface area contributed by atoms with Gasteiger partial charge in [0, 0.05) is 23.7 Å². The van der Waals surface area contributed by atoms with E-state index in [-0.39, 0.29) is 11.6 Å². The maximum Gasteiger partial charge on any atom is 0.337 e. The number of ether oxygens (including phenoxy) is 1. The highest BCUT2D eigenvalue weighted by molar-refractivity contribution is 6.08. The average molecular weight is 415 g/mol. The molecular weight excluding hydrogens is 397 g/mol. The number of aromatic nitrogens is 2. The van der Waals surface area contributed by atoms with Gasteiger partial charge in [-0.2, -0.15) is 0 Å². The van der Waals surface area contributed by atoms with Crippen molar-refractivity contribution >= 4 is 34.2 Å². The van der Waals surface area contributed by atoms with Gasteiger partial charge in [0.1, 0.15) is 11.6 Å². The molecule has 3 aromatic carbocycles.